The molecule has 1 aromatic carbocycles. The Morgan fingerprint density at radius 2 is 2.08 bits per heavy atom. The van der Waals surface area contributed by atoms with Gasteiger partial charge < -0.3 is 9.88 Å². The highest BCUT2D eigenvalue weighted by molar-refractivity contribution is 5.92. The van der Waals surface area contributed by atoms with E-state index in [1.165, 1.54) is 16.8 Å². The lowest BCUT2D eigenvalue weighted by atomic mass is 9.90. The minimum atomic E-state index is 0.0822. The van der Waals surface area contributed by atoms with Gasteiger partial charge in [0.05, 0.1) is 6.20 Å². The number of rotatable bonds is 4. The van der Waals surface area contributed by atoms with Crippen LogP contribution < -0.4 is 0 Å². The number of benzene rings is 1. The number of carbonyl (C=O) groups is 1. The number of H-pyrrole nitrogens is 2. The van der Waals surface area contributed by atoms with Crippen LogP contribution in [0.1, 0.15) is 46.1 Å². The van der Waals surface area contributed by atoms with Crippen molar-refractivity contribution in [1.82, 2.24) is 20.1 Å². The molecule has 2 N–H and O–H groups in total. The van der Waals surface area contributed by atoms with E-state index in [-0.39, 0.29) is 5.91 Å². The summed E-state index contributed by atoms with van der Waals surface area (Å²) in [7, 11) is 0. The number of likely N-dealkylation sites (tertiary alicyclic amines) is 1. The predicted molar refractivity (Wildman–Crippen MR) is 96.5 cm³/mol. The summed E-state index contributed by atoms with van der Waals surface area (Å²) in [6.07, 6.45) is 6.68. The SMILES string of the molecule is O=C(c1ccc[nH]1)N1CCCC(c2[nH]ncc2Cc2ccccc2)C1. The van der Waals surface area contributed by atoms with Gasteiger partial charge in [0.15, 0.2) is 0 Å². The fourth-order valence-electron chi connectivity index (χ4n) is 3.66. The van der Waals surface area contributed by atoms with Gasteiger partial charge in [0.1, 0.15) is 5.69 Å². The molecule has 1 saturated heterocycles. The van der Waals surface area contributed by atoms with Crippen LogP contribution in [0.4, 0.5) is 0 Å². The molecule has 128 valence electrons. The van der Waals surface area contributed by atoms with Crippen molar-refractivity contribution in [3.63, 3.8) is 0 Å². The summed E-state index contributed by atoms with van der Waals surface area (Å²) in [5.74, 6) is 0.396. The summed E-state index contributed by atoms with van der Waals surface area (Å²) >= 11 is 0. The first-order valence-corrected chi connectivity index (χ1v) is 8.80. The average molecular weight is 334 g/mol. The predicted octanol–water partition coefficient (Wildman–Crippen LogP) is 3.35. The van der Waals surface area contributed by atoms with Crippen LogP contribution in [0.15, 0.2) is 54.9 Å². The summed E-state index contributed by atoms with van der Waals surface area (Å²) in [6.45, 7) is 1.55. The number of nitrogens with one attached hydrogen (secondary N) is 2. The quantitative estimate of drug-likeness (QED) is 0.768. The maximum absolute atomic E-state index is 12.6. The number of aromatic nitrogens is 3. The van der Waals surface area contributed by atoms with Crippen LogP contribution in [0.5, 0.6) is 0 Å². The first kappa shape index (κ1) is 15.7. The monoisotopic (exact) mass is 334 g/mol. The van der Waals surface area contributed by atoms with E-state index in [4.69, 9.17) is 0 Å². The molecule has 25 heavy (non-hydrogen) atoms. The number of amides is 1. The molecule has 0 bridgehead atoms. The molecule has 1 atom stereocenters. The van der Waals surface area contributed by atoms with Crippen LogP contribution in [0.2, 0.25) is 0 Å². The van der Waals surface area contributed by atoms with Gasteiger partial charge in [-0.05, 0) is 36.1 Å². The maximum atomic E-state index is 12.6. The minimum Gasteiger partial charge on any atom is -0.357 e. The lowest BCUT2D eigenvalue weighted by Gasteiger charge is -2.32. The molecule has 0 spiro atoms. The molecule has 2 aromatic heterocycles. The second kappa shape index (κ2) is 6.97. The average Bonchev–Trinajstić information content (AvgIpc) is 3.34. The van der Waals surface area contributed by atoms with Crippen LogP contribution in [0.3, 0.4) is 0 Å². The number of hydrogen-bond donors (Lipinski definition) is 2. The molecule has 0 radical (unpaired) electrons. The van der Waals surface area contributed by atoms with E-state index in [0.29, 0.717) is 11.6 Å². The summed E-state index contributed by atoms with van der Waals surface area (Å²) in [5, 5.41) is 7.47. The van der Waals surface area contributed by atoms with Crippen molar-refractivity contribution < 1.29 is 4.79 Å². The Bertz CT molecular complexity index is 823. The molecule has 1 aliphatic heterocycles. The van der Waals surface area contributed by atoms with E-state index >= 15 is 0 Å². The molecule has 1 unspecified atom stereocenters. The van der Waals surface area contributed by atoms with Crippen molar-refractivity contribution in [2.24, 2.45) is 0 Å². The lowest BCUT2D eigenvalue weighted by Crippen LogP contribution is -2.39. The Morgan fingerprint density at radius 3 is 2.88 bits per heavy atom. The number of aromatic amines is 2. The molecule has 0 saturated carbocycles. The molecule has 5 heteroatoms. The molecule has 4 rings (SSSR count). The van der Waals surface area contributed by atoms with Gasteiger partial charge in [-0.3, -0.25) is 9.89 Å². The summed E-state index contributed by atoms with van der Waals surface area (Å²) in [6, 6.07) is 14.1. The first-order chi connectivity index (χ1) is 12.3. The van der Waals surface area contributed by atoms with Crippen molar-refractivity contribution in [3.8, 4) is 0 Å². The number of nitrogens with zero attached hydrogens (tertiary/aromatic N) is 2. The van der Waals surface area contributed by atoms with E-state index in [0.717, 1.165) is 32.4 Å². The smallest absolute Gasteiger partial charge is 0.270 e. The summed E-state index contributed by atoms with van der Waals surface area (Å²) in [5.41, 5.74) is 4.34. The Morgan fingerprint density at radius 1 is 1.20 bits per heavy atom. The van der Waals surface area contributed by atoms with Crippen LogP contribution in [-0.4, -0.2) is 39.1 Å². The molecule has 5 nitrogen and oxygen atoms in total. The maximum Gasteiger partial charge on any atom is 0.270 e. The van der Waals surface area contributed by atoms with E-state index in [2.05, 4.69) is 39.4 Å². The largest absolute Gasteiger partial charge is 0.357 e. The van der Waals surface area contributed by atoms with E-state index in [1.807, 2.05) is 29.3 Å². The van der Waals surface area contributed by atoms with Gasteiger partial charge in [-0.15, -0.1) is 0 Å². The molecule has 1 aliphatic rings. The van der Waals surface area contributed by atoms with Crippen molar-refractivity contribution >= 4 is 5.91 Å². The Balaban J connectivity index is 1.50. The molecule has 0 aliphatic carbocycles. The fraction of sp³-hybridized carbons (Fsp3) is 0.300. The molecule has 1 fully saturated rings. The highest BCUT2D eigenvalue weighted by Gasteiger charge is 2.28. The summed E-state index contributed by atoms with van der Waals surface area (Å²) in [4.78, 5) is 17.6. The topological polar surface area (TPSA) is 64.8 Å². The number of piperidine rings is 1. The second-order valence-electron chi connectivity index (χ2n) is 6.65. The number of hydrogen-bond acceptors (Lipinski definition) is 2. The van der Waals surface area contributed by atoms with Crippen molar-refractivity contribution in [1.29, 1.82) is 0 Å². The van der Waals surface area contributed by atoms with Gasteiger partial charge >= 0.3 is 0 Å². The Labute approximate surface area is 147 Å². The first-order valence-electron chi connectivity index (χ1n) is 8.80. The Kier molecular flexibility index (Phi) is 4.37. The van der Waals surface area contributed by atoms with Gasteiger partial charge in [0.25, 0.3) is 5.91 Å². The van der Waals surface area contributed by atoms with Gasteiger partial charge in [-0.25, -0.2) is 0 Å². The van der Waals surface area contributed by atoms with Crippen LogP contribution >= 0.6 is 0 Å². The molecular weight excluding hydrogens is 312 g/mol. The standard InChI is InChI=1S/C20H22N4O/c25-20(18-9-4-10-21-18)24-11-5-8-16(14-24)19-17(13-22-23-19)12-15-6-2-1-3-7-15/h1-4,6-7,9-10,13,16,21H,5,8,11-12,14H2,(H,22,23). The number of carbonyl (C=O) groups excluding carboxylic acids is 1. The van der Waals surface area contributed by atoms with Crippen LogP contribution in [0.25, 0.3) is 0 Å². The Hall–Kier alpha value is -2.82. The normalized spacial score (nSPS) is 17.6. The van der Waals surface area contributed by atoms with Gasteiger partial charge in [0, 0.05) is 37.3 Å². The zero-order valence-corrected chi connectivity index (χ0v) is 14.1. The van der Waals surface area contributed by atoms with E-state index < -0.39 is 0 Å². The zero-order valence-electron chi connectivity index (χ0n) is 14.1. The third-order valence-electron chi connectivity index (χ3n) is 4.93. The third-order valence-corrected chi connectivity index (χ3v) is 4.93. The highest BCUT2D eigenvalue weighted by atomic mass is 16.2. The van der Waals surface area contributed by atoms with Crippen molar-refractivity contribution in [2.75, 3.05) is 13.1 Å². The van der Waals surface area contributed by atoms with E-state index in [1.54, 1.807) is 6.20 Å². The molecule has 1 amide bonds. The lowest BCUT2D eigenvalue weighted by molar-refractivity contribution is 0.0700. The van der Waals surface area contributed by atoms with Gasteiger partial charge in [0.2, 0.25) is 0 Å². The molecular formula is C20H22N4O. The zero-order chi connectivity index (χ0) is 17.1. The fourth-order valence-corrected chi connectivity index (χ4v) is 3.66. The van der Waals surface area contributed by atoms with E-state index in [9.17, 15) is 4.79 Å². The van der Waals surface area contributed by atoms with Gasteiger partial charge in [-0.2, -0.15) is 5.10 Å². The van der Waals surface area contributed by atoms with Crippen molar-refractivity contribution in [3.05, 3.63) is 77.4 Å². The highest BCUT2D eigenvalue weighted by Crippen LogP contribution is 2.29. The third kappa shape index (κ3) is 3.36. The molecule has 3 aromatic rings. The van der Waals surface area contributed by atoms with Crippen LogP contribution in [0, 0.1) is 0 Å². The van der Waals surface area contributed by atoms with Crippen molar-refractivity contribution in [2.45, 2.75) is 25.2 Å². The van der Waals surface area contributed by atoms with Crippen LogP contribution in [-0.2, 0) is 6.42 Å². The van der Waals surface area contributed by atoms with Gasteiger partial charge in [-0.1, -0.05) is 30.3 Å². The minimum absolute atomic E-state index is 0.0822. The summed E-state index contributed by atoms with van der Waals surface area (Å²) < 4.78 is 0. The second-order valence-corrected chi connectivity index (χ2v) is 6.65. The molecule has 3 heterocycles.